The minimum absolute atomic E-state index is 0.0167. The molecule has 1 amide bonds. The SMILES string of the molecule is O=C(COCC1CCCCO1)N1CCc2c(ncnc2N2CCOCC2)C1. The van der Waals surface area contributed by atoms with Gasteiger partial charge in [-0.25, -0.2) is 9.97 Å². The largest absolute Gasteiger partial charge is 0.378 e. The van der Waals surface area contributed by atoms with Gasteiger partial charge in [-0.3, -0.25) is 4.79 Å². The molecule has 0 radical (unpaired) electrons. The van der Waals surface area contributed by atoms with Crippen LogP contribution in [-0.2, 0) is 32.0 Å². The zero-order valence-electron chi connectivity index (χ0n) is 15.8. The standard InChI is InChI=1S/C19H28N4O4/c24-18(13-26-12-15-3-1-2-8-27-15)23-5-4-16-17(11-23)20-14-21-19(16)22-6-9-25-10-7-22/h14-15H,1-13H2. The molecule has 8 nitrogen and oxygen atoms in total. The van der Waals surface area contributed by atoms with E-state index in [0.29, 0.717) is 19.7 Å². The van der Waals surface area contributed by atoms with Gasteiger partial charge in [0, 0.05) is 31.8 Å². The first-order chi connectivity index (χ1) is 13.3. The Balaban J connectivity index is 1.31. The Morgan fingerprint density at radius 2 is 2.07 bits per heavy atom. The highest BCUT2D eigenvalue weighted by Crippen LogP contribution is 2.26. The van der Waals surface area contributed by atoms with Gasteiger partial charge in [0.1, 0.15) is 18.8 Å². The van der Waals surface area contributed by atoms with Gasteiger partial charge in [0.25, 0.3) is 0 Å². The van der Waals surface area contributed by atoms with Gasteiger partial charge in [0.2, 0.25) is 5.91 Å². The molecule has 0 bridgehead atoms. The van der Waals surface area contributed by atoms with Crippen LogP contribution < -0.4 is 4.90 Å². The van der Waals surface area contributed by atoms with E-state index in [1.807, 2.05) is 4.90 Å². The number of carbonyl (C=O) groups is 1. The average molecular weight is 376 g/mol. The molecule has 0 spiro atoms. The zero-order valence-corrected chi connectivity index (χ0v) is 15.8. The fourth-order valence-corrected chi connectivity index (χ4v) is 3.91. The molecule has 27 heavy (non-hydrogen) atoms. The molecule has 2 saturated heterocycles. The molecule has 4 rings (SSSR count). The van der Waals surface area contributed by atoms with Crippen molar-refractivity contribution in [2.24, 2.45) is 0 Å². The van der Waals surface area contributed by atoms with Crippen molar-refractivity contribution in [1.29, 1.82) is 0 Å². The third kappa shape index (κ3) is 4.56. The fourth-order valence-electron chi connectivity index (χ4n) is 3.91. The molecule has 0 N–H and O–H groups in total. The number of hydrogen-bond acceptors (Lipinski definition) is 7. The van der Waals surface area contributed by atoms with E-state index in [0.717, 1.165) is 63.7 Å². The number of rotatable bonds is 5. The lowest BCUT2D eigenvalue weighted by Gasteiger charge is -2.33. The Kier molecular flexibility index (Phi) is 6.16. The molecular weight excluding hydrogens is 348 g/mol. The van der Waals surface area contributed by atoms with E-state index in [1.165, 1.54) is 12.0 Å². The van der Waals surface area contributed by atoms with Crippen LogP contribution in [0.15, 0.2) is 6.33 Å². The van der Waals surface area contributed by atoms with Crippen molar-refractivity contribution in [3.8, 4) is 0 Å². The lowest BCUT2D eigenvalue weighted by molar-refractivity contribution is -0.139. The summed E-state index contributed by atoms with van der Waals surface area (Å²) in [7, 11) is 0. The zero-order chi connectivity index (χ0) is 18.5. The van der Waals surface area contributed by atoms with Crippen molar-refractivity contribution < 1.29 is 19.0 Å². The smallest absolute Gasteiger partial charge is 0.248 e. The second-order valence-corrected chi connectivity index (χ2v) is 7.29. The Labute approximate surface area is 159 Å². The van der Waals surface area contributed by atoms with Gasteiger partial charge in [0.15, 0.2) is 0 Å². The maximum atomic E-state index is 12.5. The molecule has 8 heteroatoms. The van der Waals surface area contributed by atoms with Gasteiger partial charge in [-0.05, 0) is 25.7 Å². The number of fused-ring (bicyclic) bond motifs is 1. The lowest BCUT2D eigenvalue weighted by Crippen LogP contribution is -2.41. The minimum atomic E-state index is 0.0167. The van der Waals surface area contributed by atoms with Crippen LogP contribution in [-0.4, -0.2) is 79.5 Å². The van der Waals surface area contributed by atoms with Crippen molar-refractivity contribution in [3.05, 3.63) is 17.6 Å². The first-order valence-corrected chi connectivity index (χ1v) is 9.94. The van der Waals surface area contributed by atoms with Crippen molar-refractivity contribution in [3.63, 3.8) is 0 Å². The van der Waals surface area contributed by atoms with E-state index in [9.17, 15) is 4.79 Å². The second kappa shape index (κ2) is 8.95. The van der Waals surface area contributed by atoms with Crippen LogP contribution in [0, 0.1) is 0 Å². The van der Waals surface area contributed by atoms with E-state index in [4.69, 9.17) is 14.2 Å². The molecule has 4 heterocycles. The van der Waals surface area contributed by atoms with E-state index in [-0.39, 0.29) is 18.6 Å². The summed E-state index contributed by atoms with van der Waals surface area (Å²) >= 11 is 0. The second-order valence-electron chi connectivity index (χ2n) is 7.29. The first-order valence-electron chi connectivity index (χ1n) is 9.94. The molecule has 1 aromatic heterocycles. The van der Waals surface area contributed by atoms with Gasteiger partial charge >= 0.3 is 0 Å². The van der Waals surface area contributed by atoms with Crippen LogP contribution in [0.4, 0.5) is 5.82 Å². The summed E-state index contributed by atoms with van der Waals surface area (Å²) in [5, 5.41) is 0. The normalized spacial score (nSPS) is 23.2. The van der Waals surface area contributed by atoms with Gasteiger partial charge < -0.3 is 24.0 Å². The number of hydrogen-bond donors (Lipinski definition) is 0. The highest BCUT2D eigenvalue weighted by atomic mass is 16.5. The van der Waals surface area contributed by atoms with Gasteiger partial charge in [0.05, 0.1) is 38.2 Å². The summed E-state index contributed by atoms with van der Waals surface area (Å²) in [5.41, 5.74) is 2.11. The van der Waals surface area contributed by atoms with Crippen molar-refractivity contribution in [2.45, 2.75) is 38.3 Å². The van der Waals surface area contributed by atoms with E-state index < -0.39 is 0 Å². The maximum Gasteiger partial charge on any atom is 0.248 e. The molecule has 3 aliphatic heterocycles. The first kappa shape index (κ1) is 18.6. The maximum absolute atomic E-state index is 12.5. The highest BCUT2D eigenvalue weighted by molar-refractivity contribution is 5.77. The molecule has 1 atom stereocenters. The van der Waals surface area contributed by atoms with Crippen LogP contribution in [0.3, 0.4) is 0 Å². The Morgan fingerprint density at radius 3 is 2.89 bits per heavy atom. The third-order valence-corrected chi connectivity index (χ3v) is 5.45. The quantitative estimate of drug-likeness (QED) is 0.752. The monoisotopic (exact) mass is 376 g/mol. The molecule has 0 saturated carbocycles. The number of anilines is 1. The summed E-state index contributed by atoms with van der Waals surface area (Å²) < 4.78 is 16.7. The molecule has 1 aromatic rings. The van der Waals surface area contributed by atoms with Crippen LogP contribution in [0.25, 0.3) is 0 Å². The number of morpholine rings is 1. The Hall–Kier alpha value is -1.77. The number of carbonyl (C=O) groups excluding carboxylic acids is 1. The van der Waals surface area contributed by atoms with Crippen molar-refractivity contribution >= 4 is 11.7 Å². The van der Waals surface area contributed by atoms with Crippen LogP contribution in [0.5, 0.6) is 0 Å². The molecule has 0 aliphatic carbocycles. The summed E-state index contributed by atoms with van der Waals surface area (Å²) in [5.74, 6) is 1.02. The molecule has 1 unspecified atom stereocenters. The summed E-state index contributed by atoms with van der Waals surface area (Å²) in [6.07, 6.45) is 5.84. The topological polar surface area (TPSA) is 77.0 Å². The van der Waals surface area contributed by atoms with Crippen molar-refractivity contribution in [2.75, 3.05) is 57.6 Å². The molecule has 3 aliphatic rings. The van der Waals surface area contributed by atoms with Crippen LogP contribution in [0.1, 0.15) is 30.5 Å². The van der Waals surface area contributed by atoms with Gasteiger partial charge in [-0.2, -0.15) is 0 Å². The van der Waals surface area contributed by atoms with Gasteiger partial charge in [-0.15, -0.1) is 0 Å². The summed E-state index contributed by atoms with van der Waals surface area (Å²) in [6, 6.07) is 0. The van der Waals surface area contributed by atoms with Gasteiger partial charge in [-0.1, -0.05) is 0 Å². The third-order valence-electron chi connectivity index (χ3n) is 5.45. The Morgan fingerprint density at radius 1 is 1.19 bits per heavy atom. The summed E-state index contributed by atoms with van der Waals surface area (Å²) in [4.78, 5) is 25.6. The fraction of sp³-hybridized carbons (Fsp3) is 0.737. The minimum Gasteiger partial charge on any atom is -0.378 e. The molecule has 148 valence electrons. The summed E-state index contributed by atoms with van der Waals surface area (Å²) in [6.45, 7) is 5.77. The number of aromatic nitrogens is 2. The van der Waals surface area contributed by atoms with Crippen molar-refractivity contribution in [1.82, 2.24) is 14.9 Å². The van der Waals surface area contributed by atoms with E-state index in [1.54, 1.807) is 6.33 Å². The predicted octanol–water partition coefficient (Wildman–Crippen LogP) is 0.784. The predicted molar refractivity (Wildman–Crippen MR) is 98.6 cm³/mol. The van der Waals surface area contributed by atoms with E-state index >= 15 is 0 Å². The number of nitrogens with zero attached hydrogens (tertiary/aromatic N) is 4. The number of ether oxygens (including phenoxy) is 3. The Bertz CT molecular complexity index is 645. The lowest BCUT2D eigenvalue weighted by atomic mass is 10.0. The average Bonchev–Trinajstić information content (AvgIpc) is 2.74. The molecular formula is C19H28N4O4. The molecule has 0 aromatic carbocycles. The van der Waals surface area contributed by atoms with Crippen LogP contribution in [0.2, 0.25) is 0 Å². The van der Waals surface area contributed by atoms with E-state index in [2.05, 4.69) is 14.9 Å². The van der Waals surface area contributed by atoms with Crippen LogP contribution >= 0.6 is 0 Å². The number of amides is 1. The molecule has 2 fully saturated rings. The highest BCUT2D eigenvalue weighted by Gasteiger charge is 2.27.